The molecular weight excluding hydrogens is 258 g/mol. The summed E-state index contributed by atoms with van der Waals surface area (Å²) in [7, 11) is 1.61. The Bertz CT molecular complexity index is 567. The van der Waals surface area contributed by atoms with Crippen molar-refractivity contribution in [2.75, 3.05) is 7.11 Å². The number of hydrogen-bond acceptors (Lipinski definition) is 6. The summed E-state index contributed by atoms with van der Waals surface area (Å²) in [6, 6.07) is 5.41. The Morgan fingerprint density at radius 2 is 2.05 bits per heavy atom. The Balaban J connectivity index is 2.14. The first-order valence-corrected chi connectivity index (χ1v) is 6.51. The first-order chi connectivity index (χ1) is 9.63. The molecule has 0 spiro atoms. The van der Waals surface area contributed by atoms with Crippen LogP contribution in [0.4, 0.5) is 0 Å². The fraction of sp³-hybridized carbons (Fsp3) is 0.429. The van der Waals surface area contributed by atoms with Crippen LogP contribution in [0.15, 0.2) is 22.6 Å². The van der Waals surface area contributed by atoms with E-state index in [9.17, 15) is 0 Å². The fourth-order valence-corrected chi connectivity index (χ4v) is 1.77. The maximum atomic E-state index is 5.93. The first kappa shape index (κ1) is 14.3. The molecule has 2 aromatic rings. The number of nitrogens with zero attached hydrogens (tertiary/aromatic N) is 2. The number of hydrogen-bond donors (Lipinski definition) is 1. The second-order valence-corrected chi connectivity index (χ2v) is 4.42. The van der Waals surface area contributed by atoms with Crippen LogP contribution in [0.3, 0.4) is 0 Å². The van der Waals surface area contributed by atoms with E-state index in [0.29, 0.717) is 29.7 Å². The van der Waals surface area contributed by atoms with Gasteiger partial charge >= 0.3 is 0 Å². The zero-order valence-corrected chi connectivity index (χ0v) is 11.9. The molecule has 0 fully saturated rings. The smallest absolute Gasteiger partial charge is 0.253 e. The molecule has 1 aromatic heterocycles. The average Bonchev–Trinajstić information content (AvgIpc) is 2.92. The quantitative estimate of drug-likeness (QED) is 0.871. The second-order valence-electron chi connectivity index (χ2n) is 4.42. The zero-order chi connectivity index (χ0) is 14.5. The van der Waals surface area contributed by atoms with Gasteiger partial charge in [0.1, 0.15) is 11.5 Å². The lowest BCUT2D eigenvalue weighted by atomic mass is 10.1. The molecule has 2 N–H and O–H groups in total. The molecule has 2 rings (SSSR count). The van der Waals surface area contributed by atoms with Gasteiger partial charge < -0.3 is 19.6 Å². The van der Waals surface area contributed by atoms with Crippen molar-refractivity contribution in [1.29, 1.82) is 0 Å². The van der Waals surface area contributed by atoms with Crippen LogP contribution in [0.1, 0.15) is 37.2 Å². The summed E-state index contributed by atoms with van der Waals surface area (Å²) < 4.78 is 16.3. The number of rotatable bonds is 6. The second kappa shape index (κ2) is 6.38. The number of benzene rings is 1. The van der Waals surface area contributed by atoms with Gasteiger partial charge in [0.25, 0.3) is 5.89 Å². The molecule has 1 heterocycles. The lowest BCUT2D eigenvalue weighted by Gasteiger charge is -2.14. The Morgan fingerprint density at radius 1 is 1.30 bits per heavy atom. The normalized spacial score (nSPS) is 12.2. The number of aryl methyl sites for hydroxylation is 1. The van der Waals surface area contributed by atoms with Gasteiger partial charge in [-0.15, -0.1) is 10.2 Å². The summed E-state index contributed by atoms with van der Waals surface area (Å²) in [4.78, 5) is 0. The van der Waals surface area contributed by atoms with Gasteiger partial charge in [-0.25, -0.2) is 0 Å². The highest BCUT2D eigenvalue weighted by molar-refractivity contribution is 5.42. The molecule has 0 aliphatic heterocycles. The molecule has 0 aliphatic carbocycles. The van der Waals surface area contributed by atoms with Crippen molar-refractivity contribution in [2.24, 2.45) is 5.73 Å². The Hall–Kier alpha value is -2.08. The molecule has 6 heteroatoms. The van der Waals surface area contributed by atoms with E-state index in [4.69, 9.17) is 19.6 Å². The van der Waals surface area contributed by atoms with Crippen molar-refractivity contribution in [3.8, 4) is 11.5 Å². The van der Waals surface area contributed by atoms with Gasteiger partial charge in [-0.1, -0.05) is 13.0 Å². The molecular formula is C14H19N3O3. The maximum Gasteiger partial charge on any atom is 0.253 e. The van der Waals surface area contributed by atoms with Gasteiger partial charge in [-0.05, 0) is 13.0 Å². The van der Waals surface area contributed by atoms with Crippen LogP contribution in [-0.4, -0.2) is 17.3 Å². The zero-order valence-electron chi connectivity index (χ0n) is 11.9. The van der Waals surface area contributed by atoms with Crippen LogP contribution in [0, 0.1) is 0 Å². The molecule has 0 aliphatic rings. The molecule has 0 amide bonds. The highest BCUT2D eigenvalue weighted by atomic mass is 16.5. The number of methoxy groups -OCH3 is 1. The van der Waals surface area contributed by atoms with Crippen LogP contribution >= 0.6 is 0 Å². The van der Waals surface area contributed by atoms with E-state index in [1.807, 2.05) is 26.0 Å². The van der Waals surface area contributed by atoms with Gasteiger partial charge in [0.2, 0.25) is 5.89 Å². The van der Waals surface area contributed by atoms with Crippen LogP contribution in [-0.2, 0) is 13.0 Å². The lowest BCUT2D eigenvalue weighted by molar-refractivity contribution is 0.255. The summed E-state index contributed by atoms with van der Waals surface area (Å²) in [6.45, 7) is 4.06. The van der Waals surface area contributed by atoms with Crippen LogP contribution in [0.25, 0.3) is 0 Å². The maximum absolute atomic E-state index is 5.93. The molecule has 0 radical (unpaired) electrons. The molecule has 0 unspecified atom stereocenters. The first-order valence-electron chi connectivity index (χ1n) is 6.51. The van der Waals surface area contributed by atoms with E-state index in [0.717, 1.165) is 5.56 Å². The highest BCUT2D eigenvalue weighted by Crippen LogP contribution is 2.29. The Kier molecular flexibility index (Phi) is 4.57. The van der Waals surface area contributed by atoms with Crippen molar-refractivity contribution in [3.63, 3.8) is 0 Å². The third kappa shape index (κ3) is 3.27. The van der Waals surface area contributed by atoms with E-state index < -0.39 is 0 Å². The fourth-order valence-electron chi connectivity index (χ4n) is 1.77. The van der Waals surface area contributed by atoms with Gasteiger partial charge in [0.15, 0.2) is 6.61 Å². The van der Waals surface area contributed by atoms with Crippen LogP contribution < -0.4 is 15.2 Å². The third-order valence-corrected chi connectivity index (χ3v) is 2.87. The van der Waals surface area contributed by atoms with E-state index >= 15 is 0 Å². The van der Waals surface area contributed by atoms with E-state index in [1.54, 1.807) is 13.2 Å². The van der Waals surface area contributed by atoms with E-state index in [1.165, 1.54) is 0 Å². The third-order valence-electron chi connectivity index (χ3n) is 2.87. The molecule has 0 saturated heterocycles. The van der Waals surface area contributed by atoms with Crippen LogP contribution in [0.2, 0.25) is 0 Å². The van der Waals surface area contributed by atoms with Gasteiger partial charge in [-0.2, -0.15) is 0 Å². The minimum Gasteiger partial charge on any atom is -0.497 e. The lowest BCUT2D eigenvalue weighted by Crippen LogP contribution is -2.08. The van der Waals surface area contributed by atoms with E-state index in [2.05, 4.69) is 10.2 Å². The topological polar surface area (TPSA) is 83.4 Å². The summed E-state index contributed by atoms with van der Waals surface area (Å²) in [5, 5.41) is 7.81. The highest BCUT2D eigenvalue weighted by Gasteiger charge is 2.12. The largest absolute Gasteiger partial charge is 0.497 e. The molecule has 1 aromatic carbocycles. The summed E-state index contributed by atoms with van der Waals surface area (Å²) in [6.07, 6.45) is 0.706. The SMILES string of the molecule is CCc1nnc(COc2cc(OC)ccc2[C@H](C)N)o1. The molecule has 6 nitrogen and oxygen atoms in total. The molecule has 0 saturated carbocycles. The van der Waals surface area contributed by atoms with E-state index in [-0.39, 0.29) is 12.6 Å². The van der Waals surface area contributed by atoms with Gasteiger partial charge in [-0.3, -0.25) is 0 Å². The van der Waals surface area contributed by atoms with Crippen molar-refractivity contribution in [1.82, 2.24) is 10.2 Å². The minimum absolute atomic E-state index is 0.134. The predicted molar refractivity (Wildman–Crippen MR) is 73.6 cm³/mol. The van der Waals surface area contributed by atoms with Crippen LogP contribution in [0.5, 0.6) is 11.5 Å². The summed E-state index contributed by atoms with van der Waals surface area (Å²) in [5.74, 6) is 2.42. The molecule has 0 bridgehead atoms. The number of nitrogens with two attached hydrogens (primary N) is 1. The van der Waals surface area contributed by atoms with Crippen molar-refractivity contribution >= 4 is 0 Å². The summed E-state index contributed by atoms with van der Waals surface area (Å²) in [5.41, 5.74) is 6.83. The Morgan fingerprint density at radius 3 is 2.65 bits per heavy atom. The van der Waals surface area contributed by atoms with Crippen molar-refractivity contribution in [3.05, 3.63) is 35.5 Å². The van der Waals surface area contributed by atoms with Crippen molar-refractivity contribution in [2.45, 2.75) is 32.9 Å². The molecule has 108 valence electrons. The number of aromatic nitrogens is 2. The molecule has 20 heavy (non-hydrogen) atoms. The van der Waals surface area contributed by atoms with Gasteiger partial charge in [0.05, 0.1) is 7.11 Å². The molecule has 1 atom stereocenters. The predicted octanol–water partition coefficient (Wildman–Crippen LogP) is 2.24. The van der Waals surface area contributed by atoms with Gasteiger partial charge in [0, 0.05) is 24.1 Å². The van der Waals surface area contributed by atoms with Crippen molar-refractivity contribution < 1.29 is 13.9 Å². The standard InChI is InChI=1S/C14H19N3O3/c1-4-13-16-17-14(20-13)8-19-12-7-10(18-3)5-6-11(12)9(2)15/h5-7,9H,4,8,15H2,1-3H3/t9-/m0/s1. The summed E-state index contributed by atoms with van der Waals surface area (Å²) >= 11 is 0. The number of ether oxygens (including phenoxy) is 2. The monoisotopic (exact) mass is 277 g/mol. The average molecular weight is 277 g/mol. The minimum atomic E-state index is -0.134. The Labute approximate surface area is 117 Å².